The molecule has 1 N–H and O–H groups in total. The number of ether oxygens (including phenoxy) is 1. The molecule has 33 heavy (non-hydrogen) atoms. The van der Waals surface area contributed by atoms with Crippen LogP contribution in [0.25, 0.3) is 5.76 Å². The number of aliphatic hydroxyl groups is 1. The summed E-state index contributed by atoms with van der Waals surface area (Å²) in [6.07, 6.45) is 2.73. The number of amides is 1. The van der Waals surface area contributed by atoms with Gasteiger partial charge < -0.3 is 14.7 Å². The zero-order valence-electron chi connectivity index (χ0n) is 19.9. The number of benzene rings is 2. The van der Waals surface area contributed by atoms with Gasteiger partial charge in [0, 0.05) is 17.1 Å². The van der Waals surface area contributed by atoms with E-state index in [9.17, 15) is 14.7 Å². The molecular formula is C27H32ClNO4. The summed E-state index contributed by atoms with van der Waals surface area (Å²) in [5.74, 6) is -0.523. The van der Waals surface area contributed by atoms with Gasteiger partial charge >= 0.3 is 0 Å². The third-order valence-corrected chi connectivity index (χ3v) is 6.43. The zero-order valence-corrected chi connectivity index (χ0v) is 20.7. The van der Waals surface area contributed by atoms with E-state index in [0.717, 1.165) is 41.7 Å². The first-order chi connectivity index (χ1) is 15.7. The Morgan fingerprint density at radius 3 is 2.39 bits per heavy atom. The molecular weight excluding hydrogens is 438 g/mol. The van der Waals surface area contributed by atoms with E-state index in [0.29, 0.717) is 17.1 Å². The summed E-state index contributed by atoms with van der Waals surface area (Å²) >= 11 is 6.08. The highest BCUT2D eigenvalue weighted by Gasteiger charge is 2.45. The quantitative estimate of drug-likeness (QED) is 0.210. The lowest BCUT2D eigenvalue weighted by molar-refractivity contribution is -0.139. The van der Waals surface area contributed by atoms with E-state index < -0.39 is 17.7 Å². The van der Waals surface area contributed by atoms with E-state index in [1.54, 1.807) is 36.3 Å². The molecule has 1 amide bonds. The highest BCUT2D eigenvalue weighted by molar-refractivity contribution is 6.46. The SMILES string of the molecule is CCCCCN1C(=O)C(=O)/C(=C(/O)c2cc(C(C)C)c(OC)cc2C)C1c1ccc(Cl)cc1. The minimum atomic E-state index is -0.664. The van der Waals surface area contributed by atoms with Crippen LogP contribution in [0, 0.1) is 6.92 Å². The lowest BCUT2D eigenvalue weighted by atomic mass is 9.91. The smallest absolute Gasteiger partial charge is 0.295 e. The minimum Gasteiger partial charge on any atom is -0.507 e. The predicted octanol–water partition coefficient (Wildman–Crippen LogP) is 6.39. The van der Waals surface area contributed by atoms with E-state index in [-0.39, 0.29) is 17.3 Å². The molecule has 1 aliphatic heterocycles. The third-order valence-electron chi connectivity index (χ3n) is 6.18. The second kappa shape index (κ2) is 10.4. The molecule has 0 bridgehead atoms. The van der Waals surface area contributed by atoms with Gasteiger partial charge in [0.15, 0.2) is 0 Å². The van der Waals surface area contributed by atoms with Crippen molar-refractivity contribution in [2.24, 2.45) is 0 Å². The van der Waals surface area contributed by atoms with Crippen molar-refractivity contribution in [2.75, 3.05) is 13.7 Å². The summed E-state index contributed by atoms with van der Waals surface area (Å²) in [6.45, 7) is 8.47. The van der Waals surface area contributed by atoms with E-state index in [1.165, 1.54) is 0 Å². The molecule has 0 aliphatic carbocycles. The molecule has 2 aromatic carbocycles. The van der Waals surface area contributed by atoms with Gasteiger partial charge in [0.2, 0.25) is 0 Å². The maximum atomic E-state index is 13.2. The van der Waals surface area contributed by atoms with Crippen molar-refractivity contribution in [1.82, 2.24) is 4.90 Å². The number of carbonyl (C=O) groups excluding carboxylic acids is 2. The van der Waals surface area contributed by atoms with Crippen molar-refractivity contribution in [2.45, 2.75) is 58.9 Å². The maximum absolute atomic E-state index is 13.2. The number of hydrogen-bond donors (Lipinski definition) is 1. The first kappa shape index (κ1) is 24.8. The Morgan fingerprint density at radius 2 is 1.82 bits per heavy atom. The summed E-state index contributed by atoms with van der Waals surface area (Å²) in [6, 6.07) is 10.1. The Bertz CT molecular complexity index is 1070. The van der Waals surface area contributed by atoms with Crippen LogP contribution in [0.1, 0.15) is 74.2 Å². The number of rotatable bonds is 8. The van der Waals surface area contributed by atoms with Crippen molar-refractivity contribution in [3.05, 3.63) is 69.2 Å². The normalized spacial score (nSPS) is 17.8. The molecule has 1 atom stereocenters. The van der Waals surface area contributed by atoms with E-state index in [1.807, 2.05) is 32.9 Å². The molecule has 0 saturated carbocycles. The van der Waals surface area contributed by atoms with Gasteiger partial charge in [-0.25, -0.2) is 0 Å². The van der Waals surface area contributed by atoms with Crippen molar-refractivity contribution >= 4 is 29.1 Å². The number of aryl methyl sites for hydroxylation is 1. The summed E-state index contributed by atoms with van der Waals surface area (Å²) < 4.78 is 5.52. The number of aliphatic hydroxyl groups excluding tert-OH is 1. The molecule has 0 aromatic heterocycles. The Kier molecular flexibility index (Phi) is 7.85. The van der Waals surface area contributed by atoms with Crippen LogP contribution in [0.4, 0.5) is 0 Å². The number of nitrogens with zero attached hydrogens (tertiary/aromatic N) is 1. The van der Waals surface area contributed by atoms with Crippen LogP contribution in [-0.4, -0.2) is 35.4 Å². The second-order valence-electron chi connectivity index (χ2n) is 8.81. The molecule has 1 heterocycles. The van der Waals surface area contributed by atoms with Crippen LogP contribution in [0.2, 0.25) is 5.02 Å². The molecule has 0 spiro atoms. The number of Topliss-reactive ketones (excluding diaryl/α,β-unsaturated/α-hetero) is 1. The van der Waals surface area contributed by atoms with Crippen molar-refractivity contribution < 1.29 is 19.4 Å². The summed E-state index contributed by atoms with van der Waals surface area (Å²) in [7, 11) is 1.61. The monoisotopic (exact) mass is 469 g/mol. The molecule has 176 valence electrons. The fourth-order valence-electron chi connectivity index (χ4n) is 4.36. The van der Waals surface area contributed by atoms with Gasteiger partial charge in [-0.3, -0.25) is 9.59 Å². The Morgan fingerprint density at radius 1 is 1.15 bits per heavy atom. The van der Waals surface area contributed by atoms with Gasteiger partial charge in [0.25, 0.3) is 11.7 Å². The van der Waals surface area contributed by atoms with E-state index in [4.69, 9.17) is 16.3 Å². The molecule has 0 radical (unpaired) electrons. The second-order valence-corrected chi connectivity index (χ2v) is 9.25. The average molecular weight is 470 g/mol. The zero-order chi connectivity index (χ0) is 24.3. The van der Waals surface area contributed by atoms with Gasteiger partial charge in [0.1, 0.15) is 11.5 Å². The third kappa shape index (κ3) is 4.93. The van der Waals surface area contributed by atoms with Crippen LogP contribution in [0.5, 0.6) is 5.75 Å². The topological polar surface area (TPSA) is 66.8 Å². The molecule has 1 unspecified atom stereocenters. The number of unbranched alkanes of at least 4 members (excludes halogenated alkanes) is 2. The van der Waals surface area contributed by atoms with Gasteiger partial charge in [0.05, 0.1) is 18.7 Å². The Hall–Kier alpha value is -2.79. The number of methoxy groups -OCH3 is 1. The summed E-state index contributed by atoms with van der Waals surface area (Å²) in [5.41, 5.74) is 3.07. The van der Waals surface area contributed by atoms with Crippen molar-refractivity contribution in [1.29, 1.82) is 0 Å². The van der Waals surface area contributed by atoms with E-state index in [2.05, 4.69) is 6.92 Å². The van der Waals surface area contributed by atoms with Gasteiger partial charge in [-0.15, -0.1) is 0 Å². The van der Waals surface area contributed by atoms with Crippen molar-refractivity contribution in [3.8, 4) is 5.75 Å². The Labute approximate surface area is 201 Å². The minimum absolute atomic E-state index is 0.113. The lowest BCUT2D eigenvalue weighted by Gasteiger charge is -2.25. The van der Waals surface area contributed by atoms with Crippen LogP contribution < -0.4 is 4.74 Å². The maximum Gasteiger partial charge on any atom is 0.295 e. The van der Waals surface area contributed by atoms with Crippen LogP contribution in [0.15, 0.2) is 42.0 Å². The lowest BCUT2D eigenvalue weighted by Crippen LogP contribution is -2.30. The predicted molar refractivity (Wildman–Crippen MR) is 132 cm³/mol. The molecule has 6 heteroatoms. The molecule has 2 aromatic rings. The first-order valence-corrected chi connectivity index (χ1v) is 11.8. The van der Waals surface area contributed by atoms with Gasteiger partial charge in [-0.2, -0.15) is 0 Å². The van der Waals surface area contributed by atoms with Crippen molar-refractivity contribution in [3.63, 3.8) is 0 Å². The molecule has 5 nitrogen and oxygen atoms in total. The number of halogens is 1. The number of ketones is 1. The molecule has 3 rings (SSSR count). The fraction of sp³-hybridized carbons (Fsp3) is 0.407. The molecule has 1 saturated heterocycles. The number of likely N-dealkylation sites (tertiary alicyclic amines) is 1. The Balaban J connectivity index is 2.20. The highest BCUT2D eigenvalue weighted by Crippen LogP contribution is 2.41. The summed E-state index contributed by atoms with van der Waals surface area (Å²) in [5, 5.41) is 12.0. The van der Waals surface area contributed by atoms with Crippen LogP contribution in [-0.2, 0) is 9.59 Å². The van der Waals surface area contributed by atoms with Crippen LogP contribution >= 0.6 is 11.6 Å². The highest BCUT2D eigenvalue weighted by atomic mass is 35.5. The first-order valence-electron chi connectivity index (χ1n) is 11.4. The van der Waals surface area contributed by atoms with Gasteiger partial charge in [-0.05, 0) is 60.2 Å². The largest absolute Gasteiger partial charge is 0.507 e. The standard InChI is InChI=1S/C27H32ClNO4/c1-6-7-8-13-29-24(18-9-11-19(28)12-10-18)23(26(31)27(29)32)25(30)21-15-20(16(2)3)22(33-5)14-17(21)4/h9-12,14-16,24,30H,6-8,13H2,1-5H3/b25-23+. The summed E-state index contributed by atoms with van der Waals surface area (Å²) in [4.78, 5) is 27.8. The van der Waals surface area contributed by atoms with E-state index >= 15 is 0 Å². The van der Waals surface area contributed by atoms with Crippen LogP contribution in [0.3, 0.4) is 0 Å². The average Bonchev–Trinajstić information content (AvgIpc) is 3.04. The number of hydrogen-bond acceptors (Lipinski definition) is 4. The van der Waals surface area contributed by atoms with Gasteiger partial charge in [-0.1, -0.05) is 57.3 Å². The molecule has 1 aliphatic rings. The number of carbonyl (C=O) groups is 2. The fourth-order valence-corrected chi connectivity index (χ4v) is 4.49. The molecule has 1 fully saturated rings.